The average molecular weight is 423 g/mol. The van der Waals surface area contributed by atoms with Gasteiger partial charge in [0.05, 0.1) is 19.7 Å². The van der Waals surface area contributed by atoms with Gasteiger partial charge in [0.25, 0.3) is 0 Å². The molecule has 164 valence electrons. The number of anilines is 1. The molecule has 6 heteroatoms. The van der Waals surface area contributed by atoms with Crippen molar-refractivity contribution in [1.82, 2.24) is 5.32 Å². The van der Waals surface area contributed by atoms with Gasteiger partial charge in [0.15, 0.2) is 0 Å². The second kappa shape index (κ2) is 9.41. The first kappa shape index (κ1) is 21.2. The monoisotopic (exact) mass is 422 g/mol. The van der Waals surface area contributed by atoms with E-state index in [-0.39, 0.29) is 29.6 Å². The predicted octanol–water partition coefficient (Wildman–Crippen LogP) is 3.55. The third-order valence-corrected chi connectivity index (χ3v) is 6.05. The zero-order valence-electron chi connectivity index (χ0n) is 18.2. The molecule has 0 saturated carbocycles. The Balaban J connectivity index is 1.23. The molecule has 0 aliphatic carbocycles. The summed E-state index contributed by atoms with van der Waals surface area (Å²) in [7, 11) is 0. The Bertz CT molecular complexity index is 904. The number of hydrogen-bond donors (Lipinski definition) is 1. The quantitative estimate of drug-likeness (QED) is 0.669. The highest BCUT2D eigenvalue weighted by Gasteiger charge is 2.30. The van der Waals surface area contributed by atoms with Gasteiger partial charge in [-0.25, -0.2) is 0 Å². The highest BCUT2D eigenvalue weighted by Crippen LogP contribution is 2.28. The van der Waals surface area contributed by atoms with Crippen molar-refractivity contribution >= 4 is 17.4 Å². The second-order valence-electron chi connectivity index (χ2n) is 8.42. The Kier molecular flexibility index (Phi) is 6.44. The summed E-state index contributed by atoms with van der Waals surface area (Å²) in [6, 6.07) is 16.2. The van der Waals surface area contributed by atoms with Gasteiger partial charge < -0.3 is 19.7 Å². The second-order valence-corrected chi connectivity index (χ2v) is 8.42. The maximum Gasteiger partial charge on any atom is 0.220 e. The van der Waals surface area contributed by atoms with E-state index in [0.29, 0.717) is 26.0 Å². The van der Waals surface area contributed by atoms with Crippen LogP contribution in [-0.2, 0) is 9.59 Å². The molecule has 2 heterocycles. The molecule has 2 aliphatic rings. The third-order valence-electron chi connectivity index (χ3n) is 6.05. The number of rotatable bonds is 9. The molecule has 31 heavy (non-hydrogen) atoms. The van der Waals surface area contributed by atoms with E-state index in [2.05, 4.69) is 29.3 Å². The lowest BCUT2D eigenvalue weighted by Gasteiger charge is -2.40. The number of nitrogens with one attached hydrogen (secondary N) is 1. The number of Topliss-reactive ketones (excluding diaryl/α,β-unsaturated/α-hetero) is 1. The molecule has 2 saturated heterocycles. The molecule has 1 amide bonds. The minimum atomic E-state index is -0.172. The van der Waals surface area contributed by atoms with Crippen molar-refractivity contribution in [2.75, 3.05) is 31.1 Å². The summed E-state index contributed by atoms with van der Waals surface area (Å²) >= 11 is 0. The maximum atomic E-state index is 12.4. The molecule has 0 radical (unpaired) electrons. The van der Waals surface area contributed by atoms with Gasteiger partial charge in [0, 0.05) is 31.0 Å². The van der Waals surface area contributed by atoms with E-state index < -0.39 is 0 Å². The van der Waals surface area contributed by atoms with Crippen molar-refractivity contribution in [2.45, 2.75) is 38.7 Å². The normalized spacial score (nSPS) is 19.5. The van der Waals surface area contributed by atoms with Gasteiger partial charge in [0.1, 0.15) is 23.4 Å². The van der Waals surface area contributed by atoms with E-state index in [1.54, 1.807) is 0 Å². The van der Waals surface area contributed by atoms with Crippen molar-refractivity contribution in [2.24, 2.45) is 5.92 Å². The molecule has 1 unspecified atom stereocenters. The van der Waals surface area contributed by atoms with Crippen LogP contribution in [-0.4, -0.2) is 44.0 Å². The van der Waals surface area contributed by atoms with Gasteiger partial charge in [0.2, 0.25) is 5.91 Å². The van der Waals surface area contributed by atoms with E-state index in [9.17, 15) is 9.59 Å². The van der Waals surface area contributed by atoms with Gasteiger partial charge in [-0.15, -0.1) is 0 Å². The van der Waals surface area contributed by atoms with E-state index in [4.69, 9.17) is 9.47 Å². The van der Waals surface area contributed by atoms with Gasteiger partial charge >= 0.3 is 0 Å². The summed E-state index contributed by atoms with van der Waals surface area (Å²) in [6.07, 6.45) is 0.955. The lowest BCUT2D eigenvalue weighted by molar-refractivity contribution is -0.125. The lowest BCUT2D eigenvalue weighted by Crippen LogP contribution is -2.54. The van der Waals surface area contributed by atoms with Crippen molar-refractivity contribution < 1.29 is 19.1 Å². The minimum absolute atomic E-state index is 0.0235. The molecule has 0 bridgehead atoms. The number of ether oxygens (including phenoxy) is 2. The Hall–Kier alpha value is -3.02. The number of nitrogens with zero attached hydrogens (tertiary/aromatic N) is 1. The number of amides is 1. The maximum absolute atomic E-state index is 12.4. The SMILES string of the molecule is CCOc1ccc(N2CC(Oc3ccc([C@H](C)CC(=O)C4CNC(=O)C4)cc3)C2)cc1. The number of benzene rings is 2. The van der Waals surface area contributed by atoms with Crippen LogP contribution in [0.4, 0.5) is 5.69 Å². The molecule has 0 aromatic heterocycles. The minimum Gasteiger partial charge on any atom is -0.494 e. The summed E-state index contributed by atoms with van der Waals surface area (Å²) in [6.45, 7) is 6.90. The third kappa shape index (κ3) is 5.19. The van der Waals surface area contributed by atoms with E-state index in [1.807, 2.05) is 43.3 Å². The molecule has 0 spiro atoms. The fourth-order valence-electron chi connectivity index (χ4n) is 4.13. The van der Waals surface area contributed by atoms with E-state index in [1.165, 1.54) is 5.69 Å². The molecular weight excluding hydrogens is 392 g/mol. The number of hydrogen-bond acceptors (Lipinski definition) is 5. The first-order chi connectivity index (χ1) is 15.0. The standard InChI is InChI=1S/C25H30N2O4/c1-3-30-21-10-6-20(7-11-21)27-15-23(16-27)31-22-8-4-18(5-9-22)17(2)12-24(28)19-13-25(29)26-14-19/h4-11,17,19,23H,3,12-16H2,1-2H3,(H,26,29)/t17-,19?/m1/s1. The van der Waals surface area contributed by atoms with Crippen molar-refractivity contribution in [3.8, 4) is 11.5 Å². The molecule has 2 aromatic rings. The van der Waals surface area contributed by atoms with Gasteiger partial charge in [-0.1, -0.05) is 19.1 Å². The van der Waals surface area contributed by atoms with Gasteiger partial charge in [-0.2, -0.15) is 0 Å². The van der Waals surface area contributed by atoms with Crippen LogP contribution >= 0.6 is 0 Å². The van der Waals surface area contributed by atoms with Crippen LogP contribution in [0.3, 0.4) is 0 Å². The molecule has 4 rings (SSSR count). The van der Waals surface area contributed by atoms with Crippen LogP contribution < -0.4 is 19.7 Å². The molecule has 2 aliphatic heterocycles. The zero-order chi connectivity index (χ0) is 21.8. The smallest absolute Gasteiger partial charge is 0.220 e. The molecule has 2 aromatic carbocycles. The van der Waals surface area contributed by atoms with Crippen LogP contribution in [0.1, 0.15) is 38.2 Å². The van der Waals surface area contributed by atoms with Crippen molar-refractivity contribution in [3.63, 3.8) is 0 Å². The number of ketones is 1. The van der Waals surface area contributed by atoms with Crippen LogP contribution in [0.15, 0.2) is 48.5 Å². The first-order valence-electron chi connectivity index (χ1n) is 11.1. The van der Waals surface area contributed by atoms with Gasteiger partial charge in [-0.05, 0) is 54.8 Å². The summed E-state index contributed by atoms with van der Waals surface area (Å²) in [5.41, 5.74) is 2.29. The fourth-order valence-corrected chi connectivity index (χ4v) is 4.13. The fraction of sp³-hybridized carbons (Fsp3) is 0.440. The Labute approximate surface area is 183 Å². The highest BCUT2D eigenvalue weighted by atomic mass is 16.5. The summed E-state index contributed by atoms with van der Waals surface area (Å²) in [4.78, 5) is 26.0. The Morgan fingerprint density at radius 2 is 1.77 bits per heavy atom. The highest BCUT2D eigenvalue weighted by molar-refractivity contribution is 5.90. The largest absolute Gasteiger partial charge is 0.494 e. The van der Waals surface area contributed by atoms with Crippen molar-refractivity contribution in [1.29, 1.82) is 0 Å². The zero-order valence-corrected chi connectivity index (χ0v) is 18.2. The lowest BCUT2D eigenvalue weighted by atomic mass is 9.90. The van der Waals surface area contributed by atoms with E-state index >= 15 is 0 Å². The Morgan fingerprint density at radius 1 is 1.10 bits per heavy atom. The average Bonchev–Trinajstić information content (AvgIpc) is 3.18. The molecule has 2 fully saturated rings. The van der Waals surface area contributed by atoms with Crippen LogP contribution in [0, 0.1) is 5.92 Å². The number of carbonyl (C=O) groups excluding carboxylic acids is 2. The van der Waals surface area contributed by atoms with Crippen LogP contribution in [0.25, 0.3) is 0 Å². The predicted molar refractivity (Wildman–Crippen MR) is 120 cm³/mol. The molecule has 1 N–H and O–H groups in total. The van der Waals surface area contributed by atoms with E-state index in [0.717, 1.165) is 30.2 Å². The number of carbonyl (C=O) groups is 2. The summed E-state index contributed by atoms with van der Waals surface area (Å²) in [5, 5.41) is 2.74. The Morgan fingerprint density at radius 3 is 2.39 bits per heavy atom. The summed E-state index contributed by atoms with van der Waals surface area (Å²) in [5.74, 6) is 1.83. The topological polar surface area (TPSA) is 67.9 Å². The van der Waals surface area contributed by atoms with Gasteiger partial charge in [-0.3, -0.25) is 9.59 Å². The van der Waals surface area contributed by atoms with Crippen LogP contribution in [0.5, 0.6) is 11.5 Å². The van der Waals surface area contributed by atoms with Crippen molar-refractivity contribution in [3.05, 3.63) is 54.1 Å². The summed E-state index contributed by atoms with van der Waals surface area (Å²) < 4.78 is 11.6. The molecular formula is C25H30N2O4. The van der Waals surface area contributed by atoms with Crippen LogP contribution in [0.2, 0.25) is 0 Å². The first-order valence-corrected chi connectivity index (χ1v) is 11.1. The molecule has 2 atom stereocenters. The molecule has 6 nitrogen and oxygen atoms in total.